The molecule has 0 fully saturated rings. The van der Waals surface area contributed by atoms with Crippen LogP contribution in [-0.2, 0) is 0 Å². The maximum Gasteiger partial charge on any atom is 0.225 e. The van der Waals surface area contributed by atoms with Gasteiger partial charge >= 0.3 is 0 Å². The molecule has 0 aliphatic rings. The maximum absolute atomic E-state index is 10.0. The highest BCUT2D eigenvalue weighted by molar-refractivity contribution is 4.54. The number of nitrogens with zero attached hydrogens (tertiary/aromatic N) is 1. The van der Waals surface area contributed by atoms with Crippen LogP contribution in [-0.4, -0.2) is 17.5 Å². The van der Waals surface area contributed by atoms with Crippen molar-refractivity contribution in [2.45, 2.75) is 25.8 Å². The molecule has 9 heavy (non-hydrogen) atoms. The van der Waals surface area contributed by atoms with Crippen LogP contribution in [0.5, 0.6) is 0 Å². The monoisotopic (exact) mass is 132 g/mol. The molecule has 0 spiro atoms. The minimum absolute atomic E-state index is 0.154. The van der Waals surface area contributed by atoms with Crippen LogP contribution in [0.1, 0.15) is 19.8 Å². The van der Waals surface area contributed by atoms with E-state index in [1.165, 1.54) is 0 Å². The average molecular weight is 132 g/mol. The lowest BCUT2D eigenvalue weighted by Gasteiger charge is -2.02. The Morgan fingerprint density at radius 1 is 1.78 bits per heavy atom. The molecule has 4 nitrogen and oxygen atoms in total. The number of rotatable bonds is 4. The van der Waals surface area contributed by atoms with Gasteiger partial charge in [-0.3, -0.25) is 10.1 Å². The smallest absolute Gasteiger partial charge is 0.225 e. The van der Waals surface area contributed by atoms with Crippen LogP contribution in [0.4, 0.5) is 0 Å². The molecule has 0 aromatic heterocycles. The molecular formula is C5H12N2O2. The lowest BCUT2D eigenvalue weighted by atomic mass is 10.2. The van der Waals surface area contributed by atoms with Crippen molar-refractivity contribution in [3.05, 3.63) is 10.1 Å². The molecular weight excluding hydrogens is 120 g/mol. The summed E-state index contributed by atoms with van der Waals surface area (Å²) in [6, 6.07) is -0.532. The molecule has 0 aromatic rings. The zero-order valence-electron chi connectivity index (χ0n) is 5.54. The first-order valence-corrected chi connectivity index (χ1v) is 3.06. The fourth-order valence-electron chi connectivity index (χ4n) is 0.643. The molecule has 0 amide bonds. The van der Waals surface area contributed by atoms with E-state index in [9.17, 15) is 10.1 Å². The summed E-state index contributed by atoms with van der Waals surface area (Å²) in [4.78, 5) is 9.73. The topological polar surface area (TPSA) is 69.2 Å². The highest BCUT2D eigenvalue weighted by Crippen LogP contribution is 1.97. The van der Waals surface area contributed by atoms with Crippen molar-refractivity contribution < 1.29 is 4.92 Å². The Balaban J connectivity index is 3.54. The molecule has 4 heteroatoms. The van der Waals surface area contributed by atoms with Crippen molar-refractivity contribution in [2.75, 3.05) is 6.54 Å². The van der Waals surface area contributed by atoms with Crippen LogP contribution in [0.15, 0.2) is 0 Å². The van der Waals surface area contributed by atoms with E-state index >= 15 is 0 Å². The number of hydrogen-bond donors (Lipinski definition) is 1. The van der Waals surface area contributed by atoms with Gasteiger partial charge in [0.25, 0.3) is 0 Å². The van der Waals surface area contributed by atoms with Crippen molar-refractivity contribution in [1.29, 1.82) is 0 Å². The quantitative estimate of drug-likeness (QED) is 0.444. The molecule has 1 atom stereocenters. The lowest BCUT2D eigenvalue weighted by molar-refractivity contribution is -0.520. The Morgan fingerprint density at radius 2 is 2.33 bits per heavy atom. The van der Waals surface area contributed by atoms with E-state index in [4.69, 9.17) is 5.73 Å². The number of hydrogen-bond acceptors (Lipinski definition) is 3. The normalized spacial score (nSPS) is 13.1. The fourth-order valence-corrected chi connectivity index (χ4v) is 0.643. The third-order valence-corrected chi connectivity index (χ3v) is 1.19. The summed E-state index contributed by atoms with van der Waals surface area (Å²) in [6.07, 6.45) is 1.41. The Kier molecular flexibility index (Phi) is 3.96. The summed E-state index contributed by atoms with van der Waals surface area (Å²) in [7, 11) is 0. The Hall–Kier alpha value is -0.640. The third kappa shape index (κ3) is 3.03. The van der Waals surface area contributed by atoms with Gasteiger partial charge in [-0.05, 0) is 6.42 Å². The van der Waals surface area contributed by atoms with Gasteiger partial charge in [0, 0.05) is 11.3 Å². The average Bonchev–Trinajstić information content (AvgIpc) is 1.82. The van der Waals surface area contributed by atoms with E-state index in [0.29, 0.717) is 6.42 Å². The Bertz CT molecular complexity index is 95.0. The predicted molar refractivity (Wildman–Crippen MR) is 34.7 cm³/mol. The highest BCUT2D eigenvalue weighted by atomic mass is 16.6. The Labute approximate surface area is 54.2 Å². The van der Waals surface area contributed by atoms with E-state index in [0.717, 1.165) is 6.42 Å². The van der Waals surface area contributed by atoms with Crippen LogP contribution in [0, 0.1) is 10.1 Å². The van der Waals surface area contributed by atoms with E-state index in [2.05, 4.69) is 0 Å². The van der Waals surface area contributed by atoms with E-state index < -0.39 is 6.04 Å². The van der Waals surface area contributed by atoms with E-state index in [1.807, 2.05) is 6.92 Å². The van der Waals surface area contributed by atoms with Crippen LogP contribution in [0.2, 0.25) is 0 Å². The highest BCUT2D eigenvalue weighted by Gasteiger charge is 2.14. The molecule has 0 bridgehead atoms. The summed E-state index contributed by atoms with van der Waals surface area (Å²) in [5, 5.41) is 10.0. The van der Waals surface area contributed by atoms with E-state index in [1.54, 1.807) is 0 Å². The van der Waals surface area contributed by atoms with Crippen molar-refractivity contribution in [1.82, 2.24) is 0 Å². The van der Waals surface area contributed by atoms with Gasteiger partial charge in [0.15, 0.2) is 0 Å². The van der Waals surface area contributed by atoms with Gasteiger partial charge in [-0.15, -0.1) is 0 Å². The molecule has 0 heterocycles. The first kappa shape index (κ1) is 8.36. The van der Waals surface area contributed by atoms with Gasteiger partial charge in [0.05, 0.1) is 6.54 Å². The van der Waals surface area contributed by atoms with Crippen LogP contribution < -0.4 is 5.73 Å². The summed E-state index contributed by atoms with van der Waals surface area (Å²) < 4.78 is 0. The number of nitrogens with two attached hydrogens (primary N) is 1. The molecule has 1 unspecified atom stereocenters. The molecule has 54 valence electrons. The first-order chi connectivity index (χ1) is 4.22. The van der Waals surface area contributed by atoms with Crippen molar-refractivity contribution in [2.24, 2.45) is 5.73 Å². The summed E-state index contributed by atoms with van der Waals surface area (Å²) in [5.74, 6) is 0. The molecule has 0 aliphatic carbocycles. The minimum atomic E-state index is -0.532. The molecule has 0 radical (unpaired) electrons. The summed E-state index contributed by atoms with van der Waals surface area (Å²) in [5.41, 5.74) is 5.12. The zero-order chi connectivity index (χ0) is 7.28. The molecule has 0 aromatic carbocycles. The molecule has 0 saturated heterocycles. The second-order valence-corrected chi connectivity index (χ2v) is 1.96. The molecule has 0 rings (SSSR count). The van der Waals surface area contributed by atoms with Gasteiger partial charge in [0.1, 0.15) is 0 Å². The minimum Gasteiger partial charge on any atom is -0.325 e. The van der Waals surface area contributed by atoms with Crippen molar-refractivity contribution in [3.8, 4) is 0 Å². The van der Waals surface area contributed by atoms with Crippen molar-refractivity contribution in [3.63, 3.8) is 0 Å². The Morgan fingerprint density at radius 3 is 2.44 bits per heavy atom. The lowest BCUT2D eigenvalue weighted by Crippen LogP contribution is -2.28. The first-order valence-electron chi connectivity index (χ1n) is 3.06. The van der Waals surface area contributed by atoms with Crippen LogP contribution >= 0.6 is 0 Å². The van der Waals surface area contributed by atoms with Crippen LogP contribution in [0.3, 0.4) is 0 Å². The van der Waals surface area contributed by atoms with Gasteiger partial charge in [0.2, 0.25) is 6.04 Å². The second kappa shape index (κ2) is 4.26. The largest absolute Gasteiger partial charge is 0.325 e. The molecule has 0 saturated carbocycles. The summed E-state index contributed by atoms with van der Waals surface area (Å²) in [6.45, 7) is 2.06. The van der Waals surface area contributed by atoms with Gasteiger partial charge in [-0.25, -0.2) is 0 Å². The third-order valence-electron chi connectivity index (χ3n) is 1.19. The van der Waals surface area contributed by atoms with E-state index in [-0.39, 0.29) is 11.5 Å². The SMILES string of the molecule is CCCC(CN)[N+](=O)[O-]. The molecule has 0 aliphatic heterocycles. The second-order valence-electron chi connectivity index (χ2n) is 1.96. The van der Waals surface area contributed by atoms with Crippen LogP contribution in [0.25, 0.3) is 0 Å². The van der Waals surface area contributed by atoms with Gasteiger partial charge < -0.3 is 5.73 Å². The zero-order valence-corrected chi connectivity index (χ0v) is 5.54. The van der Waals surface area contributed by atoms with Gasteiger partial charge in [-0.2, -0.15) is 0 Å². The van der Waals surface area contributed by atoms with Crippen molar-refractivity contribution >= 4 is 0 Å². The molecule has 2 N–H and O–H groups in total. The van der Waals surface area contributed by atoms with Gasteiger partial charge in [-0.1, -0.05) is 6.92 Å². The number of nitro groups is 1. The summed E-state index contributed by atoms with van der Waals surface area (Å²) >= 11 is 0. The fraction of sp³-hybridized carbons (Fsp3) is 1.00. The standard InChI is InChI=1S/C5H12N2O2/c1-2-3-5(4-6)7(8)9/h5H,2-4,6H2,1H3. The maximum atomic E-state index is 10.0. The predicted octanol–water partition coefficient (Wildman–Crippen LogP) is 0.391.